The third-order valence-electron chi connectivity index (χ3n) is 3.37. The lowest BCUT2D eigenvalue weighted by Crippen LogP contribution is -2.17. The number of methoxy groups -OCH3 is 1. The standard InChI is InChI=1S/C14H20ClNO3/c1-17-13-8-7-12(15)11(9-16-18-2)14(13)19-10-5-3-4-6-10/h7-8,10,16H,3-6,9H2,1-2H3. The minimum atomic E-state index is 0.258. The van der Waals surface area contributed by atoms with E-state index in [9.17, 15) is 0 Å². The molecule has 19 heavy (non-hydrogen) atoms. The van der Waals surface area contributed by atoms with Crippen LogP contribution in [0, 0.1) is 0 Å². The van der Waals surface area contributed by atoms with Crippen LogP contribution in [0.3, 0.4) is 0 Å². The summed E-state index contributed by atoms with van der Waals surface area (Å²) in [4.78, 5) is 4.89. The highest BCUT2D eigenvalue weighted by Gasteiger charge is 2.22. The van der Waals surface area contributed by atoms with Crippen LogP contribution in [0.1, 0.15) is 31.2 Å². The molecule has 1 N–H and O–H groups in total. The first-order chi connectivity index (χ1) is 9.26. The molecule has 0 bridgehead atoms. The van der Waals surface area contributed by atoms with Gasteiger partial charge in [0, 0.05) is 10.6 Å². The molecular weight excluding hydrogens is 266 g/mol. The minimum absolute atomic E-state index is 0.258. The maximum Gasteiger partial charge on any atom is 0.167 e. The van der Waals surface area contributed by atoms with Crippen LogP contribution in [0.25, 0.3) is 0 Å². The Hall–Kier alpha value is -0.970. The number of hydroxylamine groups is 1. The highest BCUT2D eigenvalue weighted by molar-refractivity contribution is 6.31. The van der Waals surface area contributed by atoms with E-state index in [1.54, 1.807) is 14.2 Å². The maximum absolute atomic E-state index is 6.25. The van der Waals surface area contributed by atoms with Gasteiger partial charge in [-0.3, -0.25) is 0 Å². The summed E-state index contributed by atoms with van der Waals surface area (Å²) in [5, 5.41) is 0.651. The van der Waals surface area contributed by atoms with Gasteiger partial charge in [-0.25, -0.2) is 0 Å². The van der Waals surface area contributed by atoms with E-state index in [0.717, 1.165) is 24.2 Å². The molecule has 0 aromatic heterocycles. The first-order valence-corrected chi connectivity index (χ1v) is 6.92. The summed E-state index contributed by atoms with van der Waals surface area (Å²) in [6.07, 6.45) is 4.88. The Morgan fingerprint density at radius 2 is 2.00 bits per heavy atom. The van der Waals surface area contributed by atoms with E-state index < -0.39 is 0 Å². The van der Waals surface area contributed by atoms with Gasteiger partial charge in [0.15, 0.2) is 11.5 Å². The normalized spacial score (nSPS) is 15.7. The summed E-state index contributed by atoms with van der Waals surface area (Å²) >= 11 is 6.25. The number of hydrogen-bond donors (Lipinski definition) is 1. The van der Waals surface area contributed by atoms with Crippen molar-refractivity contribution >= 4 is 11.6 Å². The van der Waals surface area contributed by atoms with Crippen LogP contribution in [0.4, 0.5) is 0 Å². The molecule has 0 spiro atoms. The molecule has 1 saturated carbocycles. The van der Waals surface area contributed by atoms with Gasteiger partial charge in [0.1, 0.15) is 0 Å². The SMILES string of the molecule is CONCc1c(Cl)ccc(OC)c1OC1CCCC1. The Kier molecular flexibility index (Phi) is 5.31. The van der Waals surface area contributed by atoms with Gasteiger partial charge in [0.25, 0.3) is 0 Å². The van der Waals surface area contributed by atoms with Crippen LogP contribution in [0.5, 0.6) is 11.5 Å². The van der Waals surface area contributed by atoms with Gasteiger partial charge in [-0.1, -0.05) is 11.6 Å². The van der Waals surface area contributed by atoms with E-state index in [0.29, 0.717) is 17.3 Å². The summed E-state index contributed by atoms with van der Waals surface area (Å²) in [7, 11) is 3.21. The second kappa shape index (κ2) is 6.98. The van der Waals surface area contributed by atoms with Gasteiger partial charge in [-0.15, -0.1) is 0 Å². The molecule has 0 amide bonds. The Balaban J connectivity index is 2.26. The molecule has 1 aliphatic carbocycles. The van der Waals surface area contributed by atoms with Crippen LogP contribution in [-0.2, 0) is 11.4 Å². The zero-order valence-corrected chi connectivity index (χ0v) is 12.1. The van der Waals surface area contributed by atoms with Gasteiger partial charge < -0.3 is 14.3 Å². The number of halogens is 1. The Labute approximate surface area is 118 Å². The number of nitrogens with one attached hydrogen (secondary N) is 1. The molecule has 1 fully saturated rings. The van der Waals surface area contributed by atoms with Crippen molar-refractivity contribution in [1.82, 2.24) is 5.48 Å². The first kappa shape index (κ1) is 14.4. The van der Waals surface area contributed by atoms with Crippen LogP contribution in [-0.4, -0.2) is 20.3 Å². The summed E-state index contributed by atoms with van der Waals surface area (Å²) in [6, 6.07) is 3.65. The monoisotopic (exact) mass is 285 g/mol. The molecule has 106 valence electrons. The second-order valence-corrected chi connectivity index (χ2v) is 5.01. The first-order valence-electron chi connectivity index (χ1n) is 6.54. The third kappa shape index (κ3) is 3.53. The van der Waals surface area contributed by atoms with Crippen molar-refractivity contribution in [1.29, 1.82) is 0 Å². The van der Waals surface area contributed by atoms with Crippen molar-refractivity contribution in [3.05, 3.63) is 22.7 Å². The van der Waals surface area contributed by atoms with Gasteiger partial charge in [-0.2, -0.15) is 5.48 Å². The molecule has 1 aliphatic rings. The van der Waals surface area contributed by atoms with Gasteiger partial charge in [0.2, 0.25) is 0 Å². The van der Waals surface area contributed by atoms with Crippen molar-refractivity contribution in [3.63, 3.8) is 0 Å². The Bertz CT molecular complexity index is 419. The molecule has 0 heterocycles. The van der Waals surface area contributed by atoms with Crippen molar-refractivity contribution in [2.75, 3.05) is 14.2 Å². The number of hydrogen-bond acceptors (Lipinski definition) is 4. The van der Waals surface area contributed by atoms with E-state index in [-0.39, 0.29) is 6.10 Å². The van der Waals surface area contributed by atoms with Crippen molar-refractivity contribution in [2.45, 2.75) is 38.3 Å². The highest BCUT2D eigenvalue weighted by atomic mass is 35.5. The van der Waals surface area contributed by atoms with E-state index in [2.05, 4.69) is 5.48 Å². The lowest BCUT2D eigenvalue weighted by molar-refractivity contribution is 0.0852. The molecule has 0 saturated heterocycles. The molecule has 5 heteroatoms. The van der Waals surface area contributed by atoms with E-state index in [1.165, 1.54) is 12.8 Å². The van der Waals surface area contributed by atoms with Crippen molar-refractivity contribution in [2.24, 2.45) is 0 Å². The number of rotatable bonds is 6. The molecule has 0 radical (unpaired) electrons. The van der Waals surface area contributed by atoms with E-state index >= 15 is 0 Å². The van der Waals surface area contributed by atoms with Crippen molar-refractivity contribution < 1.29 is 14.3 Å². The fourth-order valence-electron chi connectivity index (χ4n) is 2.35. The van der Waals surface area contributed by atoms with Crippen LogP contribution in [0.15, 0.2) is 12.1 Å². The Morgan fingerprint density at radius 3 is 2.63 bits per heavy atom. The maximum atomic E-state index is 6.25. The topological polar surface area (TPSA) is 39.7 Å². The van der Waals surface area contributed by atoms with Crippen LogP contribution in [0.2, 0.25) is 5.02 Å². The molecule has 4 nitrogen and oxygen atoms in total. The molecule has 1 aromatic carbocycles. The summed E-state index contributed by atoms with van der Waals surface area (Å²) in [5.41, 5.74) is 3.67. The minimum Gasteiger partial charge on any atom is -0.493 e. The largest absolute Gasteiger partial charge is 0.493 e. The summed E-state index contributed by atoms with van der Waals surface area (Å²) in [5.74, 6) is 1.44. The predicted molar refractivity (Wildman–Crippen MR) is 74.7 cm³/mol. The fraction of sp³-hybridized carbons (Fsp3) is 0.571. The van der Waals surface area contributed by atoms with Gasteiger partial charge in [0.05, 0.1) is 26.9 Å². The van der Waals surface area contributed by atoms with E-state index in [4.69, 9.17) is 25.9 Å². The smallest absolute Gasteiger partial charge is 0.167 e. The molecule has 0 unspecified atom stereocenters. The lowest BCUT2D eigenvalue weighted by atomic mass is 10.1. The summed E-state index contributed by atoms with van der Waals surface area (Å²) in [6.45, 7) is 0.481. The zero-order chi connectivity index (χ0) is 13.7. The molecule has 0 atom stereocenters. The fourth-order valence-corrected chi connectivity index (χ4v) is 2.57. The zero-order valence-electron chi connectivity index (χ0n) is 11.4. The average Bonchev–Trinajstić information content (AvgIpc) is 2.91. The second-order valence-electron chi connectivity index (χ2n) is 4.61. The molecule has 0 aliphatic heterocycles. The molecule has 2 rings (SSSR count). The van der Waals surface area contributed by atoms with Crippen LogP contribution < -0.4 is 15.0 Å². The number of benzene rings is 1. The van der Waals surface area contributed by atoms with Crippen molar-refractivity contribution in [3.8, 4) is 11.5 Å². The predicted octanol–water partition coefficient (Wildman–Crippen LogP) is 3.32. The quantitative estimate of drug-likeness (QED) is 0.814. The van der Waals surface area contributed by atoms with Crippen LogP contribution >= 0.6 is 11.6 Å². The lowest BCUT2D eigenvalue weighted by Gasteiger charge is -2.20. The van der Waals surface area contributed by atoms with Gasteiger partial charge >= 0.3 is 0 Å². The highest BCUT2D eigenvalue weighted by Crippen LogP contribution is 2.38. The molecular formula is C14H20ClNO3. The van der Waals surface area contributed by atoms with E-state index in [1.807, 2.05) is 12.1 Å². The third-order valence-corrected chi connectivity index (χ3v) is 3.72. The average molecular weight is 286 g/mol. The van der Waals surface area contributed by atoms with Gasteiger partial charge in [-0.05, 0) is 37.8 Å². The number of ether oxygens (including phenoxy) is 2. The Morgan fingerprint density at radius 1 is 1.26 bits per heavy atom. The molecule has 1 aromatic rings. The summed E-state index contributed by atoms with van der Waals surface area (Å²) < 4.78 is 11.5.